The maximum atomic E-state index is 13.0. The Balaban J connectivity index is 1.81. The predicted octanol–water partition coefficient (Wildman–Crippen LogP) is 4.94. The van der Waals surface area contributed by atoms with Crippen LogP contribution in [0.25, 0.3) is 0 Å². The Morgan fingerprint density at radius 2 is 1.81 bits per heavy atom. The minimum absolute atomic E-state index is 0.0650. The van der Waals surface area contributed by atoms with Crippen molar-refractivity contribution in [3.8, 4) is 0 Å². The van der Waals surface area contributed by atoms with Crippen molar-refractivity contribution in [1.29, 1.82) is 0 Å². The number of hydrogen-bond donors (Lipinski definition) is 1. The number of nitrogens with zero attached hydrogens (tertiary/aromatic N) is 2. The molecular formula is C16H11BrCl2FN3O2S. The first kappa shape index (κ1) is 19.2. The van der Waals surface area contributed by atoms with Gasteiger partial charge in [0.2, 0.25) is 0 Å². The van der Waals surface area contributed by atoms with E-state index in [4.69, 9.17) is 23.2 Å². The molecule has 0 amide bonds. The molecule has 0 spiro atoms. The summed E-state index contributed by atoms with van der Waals surface area (Å²) in [7, 11) is -3.89. The summed E-state index contributed by atoms with van der Waals surface area (Å²) in [4.78, 5) is -0.0650. The normalized spacial score (nSPS) is 11.5. The number of nitrogens with one attached hydrogen (secondary N) is 1. The van der Waals surface area contributed by atoms with E-state index in [2.05, 4.69) is 25.8 Å². The van der Waals surface area contributed by atoms with E-state index >= 15 is 0 Å². The van der Waals surface area contributed by atoms with Crippen LogP contribution in [0.3, 0.4) is 0 Å². The quantitative estimate of drug-likeness (QED) is 0.564. The van der Waals surface area contributed by atoms with Gasteiger partial charge in [-0.1, -0.05) is 29.3 Å². The van der Waals surface area contributed by atoms with Crippen LogP contribution in [0.4, 0.5) is 10.2 Å². The first-order chi connectivity index (χ1) is 12.2. The van der Waals surface area contributed by atoms with E-state index < -0.39 is 15.8 Å². The fourth-order valence-electron chi connectivity index (χ4n) is 2.17. The second-order valence-corrected chi connectivity index (χ2v) is 8.68. The number of aromatic nitrogens is 2. The van der Waals surface area contributed by atoms with Crippen LogP contribution in [0.5, 0.6) is 0 Å². The molecule has 0 aliphatic rings. The molecule has 1 heterocycles. The van der Waals surface area contributed by atoms with E-state index in [1.807, 2.05) is 0 Å². The fourth-order valence-corrected chi connectivity index (χ4v) is 4.06. The Morgan fingerprint density at radius 3 is 2.46 bits per heavy atom. The Hall–Kier alpha value is -1.61. The first-order valence-corrected chi connectivity index (χ1v) is 10.2. The van der Waals surface area contributed by atoms with Gasteiger partial charge in [0.1, 0.15) is 5.82 Å². The number of halogens is 4. The molecule has 1 N–H and O–H groups in total. The number of benzene rings is 2. The molecule has 3 aromatic rings. The molecule has 10 heteroatoms. The molecule has 0 saturated carbocycles. The molecule has 136 valence electrons. The van der Waals surface area contributed by atoms with Gasteiger partial charge in [-0.25, -0.2) is 12.8 Å². The number of hydrogen-bond acceptors (Lipinski definition) is 3. The highest BCUT2D eigenvalue weighted by molar-refractivity contribution is 9.10. The Morgan fingerprint density at radius 1 is 1.12 bits per heavy atom. The third kappa shape index (κ3) is 4.37. The zero-order chi connectivity index (χ0) is 18.9. The van der Waals surface area contributed by atoms with Crippen LogP contribution < -0.4 is 4.72 Å². The van der Waals surface area contributed by atoms with Crippen molar-refractivity contribution in [3.63, 3.8) is 0 Å². The Labute approximate surface area is 167 Å². The van der Waals surface area contributed by atoms with Gasteiger partial charge in [-0.3, -0.25) is 9.40 Å². The lowest BCUT2D eigenvalue weighted by molar-refractivity contribution is 0.599. The molecule has 0 saturated heterocycles. The van der Waals surface area contributed by atoms with Gasteiger partial charge in [-0.15, -0.1) is 0 Å². The van der Waals surface area contributed by atoms with Crippen molar-refractivity contribution in [2.75, 3.05) is 4.72 Å². The lowest BCUT2D eigenvalue weighted by atomic mass is 10.2. The van der Waals surface area contributed by atoms with E-state index in [9.17, 15) is 12.8 Å². The molecule has 26 heavy (non-hydrogen) atoms. The van der Waals surface area contributed by atoms with Crippen LogP contribution in [0.2, 0.25) is 10.0 Å². The Kier molecular flexibility index (Phi) is 5.57. The van der Waals surface area contributed by atoms with Crippen molar-refractivity contribution in [3.05, 3.63) is 74.6 Å². The molecule has 0 fully saturated rings. The molecule has 0 atom stereocenters. The van der Waals surface area contributed by atoms with Gasteiger partial charge in [0.05, 0.1) is 26.0 Å². The topological polar surface area (TPSA) is 64.0 Å². The third-order valence-corrected chi connectivity index (χ3v) is 6.07. The summed E-state index contributed by atoms with van der Waals surface area (Å²) < 4.78 is 42.1. The van der Waals surface area contributed by atoms with Gasteiger partial charge >= 0.3 is 0 Å². The maximum absolute atomic E-state index is 13.0. The molecule has 5 nitrogen and oxygen atoms in total. The average molecular weight is 479 g/mol. The van der Waals surface area contributed by atoms with Crippen LogP contribution in [-0.4, -0.2) is 18.2 Å². The highest BCUT2D eigenvalue weighted by Gasteiger charge is 2.18. The number of anilines is 1. The summed E-state index contributed by atoms with van der Waals surface area (Å²) >= 11 is 15.2. The fraction of sp³-hybridized carbons (Fsp3) is 0.0625. The van der Waals surface area contributed by atoms with Gasteiger partial charge in [0.15, 0.2) is 5.82 Å². The van der Waals surface area contributed by atoms with E-state index in [0.717, 1.165) is 17.7 Å². The van der Waals surface area contributed by atoms with Crippen LogP contribution in [-0.2, 0) is 16.6 Å². The number of sulfonamides is 1. The summed E-state index contributed by atoms with van der Waals surface area (Å²) in [5, 5.41) is 5.09. The lowest BCUT2D eigenvalue weighted by Crippen LogP contribution is -2.14. The van der Waals surface area contributed by atoms with E-state index in [1.54, 1.807) is 29.1 Å². The van der Waals surface area contributed by atoms with Gasteiger partial charge < -0.3 is 0 Å². The minimum atomic E-state index is -3.89. The summed E-state index contributed by atoms with van der Waals surface area (Å²) in [5.41, 5.74) is 0.849. The summed E-state index contributed by atoms with van der Waals surface area (Å²) in [6.45, 7) is 0.369. The third-order valence-electron chi connectivity index (χ3n) is 3.40. The van der Waals surface area contributed by atoms with Crippen molar-refractivity contribution < 1.29 is 12.8 Å². The molecular weight excluding hydrogens is 468 g/mol. The Bertz CT molecular complexity index is 1060. The molecule has 0 bridgehead atoms. The van der Waals surface area contributed by atoms with E-state index in [-0.39, 0.29) is 10.7 Å². The van der Waals surface area contributed by atoms with Crippen LogP contribution in [0.1, 0.15) is 5.56 Å². The standard InChI is InChI=1S/C16H11BrCl2FN3O2S/c17-13-9-23(8-10-1-6-14(18)15(19)7-10)21-16(13)22-26(24,25)12-4-2-11(20)3-5-12/h1-7,9H,8H2,(H,21,22). The molecule has 0 radical (unpaired) electrons. The van der Waals surface area contributed by atoms with Gasteiger partial charge in [0.25, 0.3) is 10.0 Å². The summed E-state index contributed by atoms with van der Waals surface area (Å²) in [6, 6.07) is 9.69. The van der Waals surface area contributed by atoms with Gasteiger partial charge in [-0.2, -0.15) is 5.10 Å². The van der Waals surface area contributed by atoms with Gasteiger partial charge in [0, 0.05) is 6.20 Å². The van der Waals surface area contributed by atoms with Gasteiger partial charge in [-0.05, 0) is 57.9 Å². The molecule has 0 aliphatic carbocycles. The van der Waals surface area contributed by atoms with Crippen LogP contribution in [0.15, 0.2) is 58.0 Å². The maximum Gasteiger partial charge on any atom is 0.263 e. The molecule has 3 rings (SSSR count). The zero-order valence-corrected chi connectivity index (χ0v) is 16.9. The van der Waals surface area contributed by atoms with Crippen molar-refractivity contribution in [2.45, 2.75) is 11.4 Å². The molecule has 2 aromatic carbocycles. The highest BCUT2D eigenvalue weighted by Crippen LogP contribution is 2.26. The molecule has 0 unspecified atom stereocenters. The monoisotopic (exact) mass is 477 g/mol. The van der Waals surface area contributed by atoms with Crippen molar-refractivity contribution >= 4 is 55.0 Å². The lowest BCUT2D eigenvalue weighted by Gasteiger charge is -2.06. The van der Waals surface area contributed by atoms with E-state index in [1.165, 1.54) is 12.1 Å². The zero-order valence-electron chi connectivity index (χ0n) is 13.0. The van der Waals surface area contributed by atoms with Crippen LogP contribution in [0, 0.1) is 5.82 Å². The van der Waals surface area contributed by atoms with Crippen molar-refractivity contribution in [1.82, 2.24) is 9.78 Å². The second-order valence-electron chi connectivity index (χ2n) is 5.33. The minimum Gasteiger partial charge on any atom is -0.265 e. The second kappa shape index (κ2) is 7.56. The summed E-state index contributed by atoms with van der Waals surface area (Å²) in [6.07, 6.45) is 1.63. The van der Waals surface area contributed by atoms with Crippen molar-refractivity contribution in [2.24, 2.45) is 0 Å². The van der Waals surface area contributed by atoms with E-state index in [0.29, 0.717) is 21.1 Å². The van der Waals surface area contributed by atoms with Crippen LogP contribution >= 0.6 is 39.1 Å². The molecule has 1 aromatic heterocycles. The smallest absolute Gasteiger partial charge is 0.263 e. The SMILES string of the molecule is O=S(=O)(Nc1nn(Cc2ccc(Cl)c(Cl)c2)cc1Br)c1ccc(F)cc1. The number of rotatable bonds is 5. The largest absolute Gasteiger partial charge is 0.265 e. The predicted molar refractivity (Wildman–Crippen MR) is 103 cm³/mol. The average Bonchev–Trinajstić information content (AvgIpc) is 2.90. The highest BCUT2D eigenvalue weighted by atomic mass is 79.9. The molecule has 0 aliphatic heterocycles. The first-order valence-electron chi connectivity index (χ1n) is 7.20. The summed E-state index contributed by atoms with van der Waals surface area (Å²) in [5.74, 6) is -0.398.